The van der Waals surface area contributed by atoms with Crippen LogP contribution in [0.25, 0.3) is 0 Å². The van der Waals surface area contributed by atoms with Crippen molar-refractivity contribution in [1.82, 2.24) is 5.32 Å². The van der Waals surface area contributed by atoms with Gasteiger partial charge in [0.15, 0.2) is 0 Å². The van der Waals surface area contributed by atoms with Crippen molar-refractivity contribution in [3.8, 4) is 0 Å². The third-order valence-corrected chi connectivity index (χ3v) is 5.32. The molecule has 2 aliphatic rings. The van der Waals surface area contributed by atoms with Crippen LogP contribution in [0.15, 0.2) is 0 Å². The van der Waals surface area contributed by atoms with E-state index in [9.17, 15) is 0 Å². The van der Waals surface area contributed by atoms with E-state index >= 15 is 0 Å². The Morgan fingerprint density at radius 3 is 2.57 bits per heavy atom. The summed E-state index contributed by atoms with van der Waals surface area (Å²) in [6.45, 7) is 10.9. The molecule has 2 rings (SSSR count). The van der Waals surface area contributed by atoms with Gasteiger partial charge in [-0.2, -0.15) is 0 Å². The summed E-state index contributed by atoms with van der Waals surface area (Å²) in [5, 5.41) is 3.72. The van der Waals surface area contributed by atoms with Crippen LogP contribution >= 0.6 is 0 Å². The molecule has 0 radical (unpaired) electrons. The zero-order valence-corrected chi connectivity index (χ0v) is 14.3. The zero-order valence-electron chi connectivity index (χ0n) is 14.3. The maximum Gasteiger partial charge on any atom is 0.0730 e. The van der Waals surface area contributed by atoms with Crippen LogP contribution in [-0.2, 0) is 9.47 Å². The summed E-state index contributed by atoms with van der Waals surface area (Å²) in [6.07, 6.45) is 7.85. The lowest BCUT2D eigenvalue weighted by Gasteiger charge is -2.39. The summed E-state index contributed by atoms with van der Waals surface area (Å²) >= 11 is 0. The second kappa shape index (κ2) is 9.12. The Balaban J connectivity index is 1.82. The first-order chi connectivity index (χ1) is 10.2. The van der Waals surface area contributed by atoms with Gasteiger partial charge >= 0.3 is 0 Å². The van der Waals surface area contributed by atoms with Gasteiger partial charge in [-0.1, -0.05) is 20.8 Å². The maximum atomic E-state index is 6.39. The van der Waals surface area contributed by atoms with Crippen LogP contribution in [0, 0.1) is 17.8 Å². The Bertz CT molecular complexity index is 276. The van der Waals surface area contributed by atoms with Gasteiger partial charge in [-0.15, -0.1) is 0 Å². The Kier molecular flexibility index (Phi) is 7.48. The average Bonchev–Trinajstić information content (AvgIpc) is 2.52. The number of hydrogen-bond donors (Lipinski definition) is 1. The fourth-order valence-corrected chi connectivity index (χ4v) is 3.69. The predicted molar refractivity (Wildman–Crippen MR) is 87.5 cm³/mol. The van der Waals surface area contributed by atoms with E-state index in [0.29, 0.717) is 18.1 Å². The van der Waals surface area contributed by atoms with Crippen molar-refractivity contribution in [2.24, 2.45) is 17.8 Å². The lowest BCUT2D eigenvalue weighted by atomic mass is 9.78. The largest absolute Gasteiger partial charge is 0.381 e. The smallest absolute Gasteiger partial charge is 0.0730 e. The summed E-state index contributed by atoms with van der Waals surface area (Å²) in [5.41, 5.74) is 0. The molecular weight excluding hydrogens is 262 g/mol. The van der Waals surface area contributed by atoms with Gasteiger partial charge in [-0.3, -0.25) is 0 Å². The van der Waals surface area contributed by atoms with E-state index in [1.165, 1.54) is 38.5 Å². The number of rotatable bonds is 7. The molecule has 3 heteroatoms. The third-order valence-electron chi connectivity index (χ3n) is 5.32. The minimum Gasteiger partial charge on any atom is -0.381 e. The molecule has 1 saturated carbocycles. The van der Waals surface area contributed by atoms with Crippen LogP contribution in [0.5, 0.6) is 0 Å². The molecule has 0 aromatic rings. The molecule has 3 nitrogen and oxygen atoms in total. The van der Waals surface area contributed by atoms with Gasteiger partial charge in [-0.05, 0) is 62.8 Å². The highest BCUT2D eigenvalue weighted by Crippen LogP contribution is 2.32. The van der Waals surface area contributed by atoms with Crippen molar-refractivity contribution >= 4 is 0 Å². The van der Waals surface area contributed by atoms with Gasteiger partial charge in [0.2, 0.25) is 0 Å². The van der Waals surface area contributed by atoms with Gasteiger partial charge < -0.3 is 14.8 Å². The quantitative estimate of drug-likeness (QED) is 0.778. The van der Waals surface area contributed by atoms with E-state index in [-0.39, 0.29) is 0 Å². The Labute approximate surface area is 131 Å². The van der Waals surface area contributed by atoms with E-state index in [1.54, 1.807) is 0 Å². The molecule has 0 spiro atoms. The van der Waals surface area contributed by atoms with Crippen molar-refractivity contribution < 1.29 is 9.47 Å². The molecule has 124 valence electrons. The van der Waals surface area contributed by atoms with Crippen molar-refractivity contribution in [1.29, 1.82) is 0 Å². The van der Waals surface area contributed by atoms with E-state index in [4.69, 9.17) is 9.47 Å². The molecule has 3 unspecified atom stereocenters. The Morgan fingerprint density at radius 1 is 1.14 bits per heavy atom. The third kappa shape index (κ3) is 5.54. The highest BCUT2D eigenvalue weighted by atomic mass is 16.5. The van der Waals surface area contributed by atoms with Gasteiger partial charge in [-0.25, -0.2) is 0 Å². The normalized spacial score (nSPS) is 31.7. The summed E-state index contributed by atoms with van der Waals surface area (Å²) in [4.78, 5) is 0. The summed E-state index contributed by atoms with van der Waals surface area (Å²) < 4.78 is 11.8. The van der Waals surface area contributed by atoms with Crippen LogP contribution in [-0.4, -0.2) is 38.5 Å². The molecule has 3 atom stereocenters. The second-order valence-electron chi connectivity index (χ2n) is 7.31. The fraction of sp³-hybridized carbons (Fsp3) is 1.00. The van der Waals surface area contributed by atoms with Crippen molar-refractivity contribution in [3.05, 3.63) is 0 Å². The summed E-state index contributed by atoms with van der Waals surface area (Å²) in [6, 6.07) is 0.569. The van der Waals surface area contributed by atoms with Crippen molar-refractivity contribution in [2.45, 2.75) is 71.4 Å². The first-order valence-corrected chi connectivity index (χ1v) is 9.13. The van der Waals surface area contributed by atoms with Crippen LogP contribution in [0.3, 0.4) is 0 Å². The molecule has 0 amide bonds. The molecule has 1 saturated heterocycles. The number of nitrogens with one attached hydrogen (secondary N) is 1. The first-order valence-electron chi connectivity index (χ1n) is 9.13. The number of ether oxygens (including phenoxy) is 2. The van der Waals surface area contributed by atoms with E-state index in [0.717, 1.165) is 38.2 Å². The maximum absolute atomic E-state index is 6.39. The minimum atomic E-state index is 0.417. The standard InChI is InChI=1S/C18H35NO2/c1-4-9-19-17-6-5-16(14(2)3)12-18(17)21-13-15-7-10-20-11-8-15/h14-19H,4-13H2,1-3H3. The van der Waals surface area contributed by atoms with Crippen LogP contribution in [0.4, 0.5) is 0 Å². The first kappa shape index (κ1) is 17.2. The molecule has 0 aromatic heterocycles. The fourth-order valence-electron chi connectivity index (χ4n) is 3.69. The molecule has 2 fully saturated rings. The number of hydrogen-bond acceptors (Lipinski definition) is 3. The van der Waals surface area contributed by atoms with Crippen LogP contribution < -0.4 is 5.32 Å². The van der Waals surface area contributed by atoms with Gasteiger partial charge in [0.25, 0.3) is 0 Å². The Hall–Kier alpha value is -0.120. The molecular formula is C18H35NO2. The molecule has 0 bridgehead atoms. The molecule has 1 heterocycles. The lowest BCUT2D eigenvalue weighted by molar-refractivity contribution is -0.0490. The van der Waals surface area contributed by atoms with E-state index < -0.39 is 0 Å². The zero-order chi connectivity index (χ0) is 15.1. The highest BCUT2D eigenvalue weighted by molar-refractivity contribution is 4.87. The molecule has 21 heavy (non-hydrogen) atoms. The van der Waals surface area contributed by atoms with E-state index in [2.05, 4.69) is 26.1 Å². The van der Waals surface area contributed by atoms with Gasteiger partial charge in [0.05, 0.1) is 12.7 Å². The monoisotopic (exact) mass is 297 g/mol. The molecule has 1 aliphatic heterocycles. The summed E-state index contributed by atoms with van der Waals surface area (Å²) in [7, 11) is 0. The lowest BCUT2D eigenvalue weighted by Crippen LogP contribution is -2.47. The SMILES string of the molecule is CCCNC1CCC(C(C)C)CC1OCC1CCOCC1. The van der Waals surface area contributed by atoms with Crippen LogP contribution in [0.2, 0.25) is 0 Å². The Morgan fingerprint density at radius 2 is 1.90 bits per heavy atom. The second-order valence-corrected chi connectivity index (χ2v) is 7.31. The predicted octanol–water partition coefficient (Wildman–Crippen LogP) is 3.62. The highest BCUT2D eigenvalue weighted by Gasteiger charge is 2.32. The van der Waals surface area contributed by atoms with Gasteiger partial charge in [0.1, 0.15) is 0 Å². The van der Waals surface area contributed by atoms with Crippen molar-refractivity contribution in [3.63, 3.8) is 0 Å². The molecule has 1 N–H and O–H groups in total. The van der Waals surface area contributed by atoms with Crippen molar-refractivity contribution in [2.75, 3.05) is 26.4 Å². The van der Waals surface area contributed by atoms with E-state index in [1.807, 2.05) is 0 Å². The molecule has 0 aromatic carbocycles. The summed E-state index contributed by atoms with van der Waals surface area (Å²) in [5.74, 6) is 2.33. The van der Waals surface area contributed by atoms with Crippen LogP contribution in [0.1, 0.15) is 59.3 Å². The average molecular weight is 297 g/mol. The minimum absolute atomic E-state index is 0.417. The topological polar surface area (TPSA) is 30.5 Å². The van der Waals surface area contributed by atoms with Gasteiger partial charge in [0, 0.05) is 19.3 Å². The molecule has 1 aliphatic carbocycles.